The van der Waals surface area contributed by atoms with Gasteiger partial charge in [-0.25, -0.2) is 9.59 Å². The van der Waals surface area contributed by atoms with E-state index in [-0.39, 0.29) is 17.5 Å². The molecule has 2 N–H and O–H groups in total. The number of carbonyl (C=O) groups is 2. The standard InChI is InChI=1S/C13H26N2O3/c1-7-9(3)10(11(16)17)14-12(18)15(6)13(4,5)8-2/h9-10H,7-8H2,1-6H3,(H,14,18)(H,16,17). The third-order valence-electron chi connectivity index (χ3n) is 3.84. The van der Waals surface area contributed by atoms with Crippen molar-refractivity contribution in [3.8, 4) is 0 Å². The van der Waals surface area contributed by atoms with E-state index in [4.69, 9.17) is 5.11 Å². The molecule has 0 fully saturated rings. The predicted octanol–water partition coefficient (Wildman–Crippen LogP) is 2.32. The largest absolute Gasteiger partial charge is 0.480 e. The lowest BCUT2D eigenvalue weighted by molar-refractivity contribution is -0.140. The van der Waals surface area contributed by atoms with Crippen LogP contribution in [0.4, 0.5) is 4.79 Å². The lowest BCUT2D eigenvalue weighted by Crippen LogP contribution is -2.54. The normalized spacial score (nSPS) is 14.8. The second kappa shape index (κ2) is 6.61. The molecule has 0 aliphatic carbocycles. The zero-order chi connectivity index (χ0) is 14.5. The van der Waals surface area contributed by atoms with Crippen molar-refractivity contribution in [1.29, 1.82) is 0 Å². The van der Waals surface area contributed by atoms with Crippen LogP contribution in [-0.4, -0.2) is 40.6 Å². The SMILES string of the molecule is CCC(C)C(NC(=O)N(C)C(C)(C)CC)C(=O)O. The topological polar surface area (TPSA) is 69.6 Å². The summed E-state index contributed by atoms with van der Waals surface area (Å²) in [7, 11) is 1.69. The Kier molecular flexibility index (Phi) is 6.15. The first-order valence-electron chi connectivity index (χ1n) is 6.44. The Labute approximate surface area is 110 Å². The van der Waals surface area contributed by atoms with Crippen LogP contribution in [0.1, 0.15) is 47.5 Å². The Morgan fingerprint density at radius 1 is 1.33 bits per heavy atom. The number of carboxylic acids is 1. The molecule has 0 aromatic rings. The van der Waals surface area contributed by atoms with Crippen LogP contribution < -0.4 is 5.32 Å². The van der Waals surface area contributed by atoms with Gasteiger partial charge in [-0.1, -0.05) is 27.2 Å². The number of nitrogens with zero attached hydrogens (tertiary/aromatic N) is 1. The van der Waals surface area contributed by atoms with Crippen molar-refractivity contribution in [3.05, 3.63) is 0 Å². The van der Waals surface area contributed by atoms with Crippen molar-refractivity contribution in [2.24, 2.45) is 5.92 Å². The lowest BCUT2D eigenvalue weighted by atomic mass is 9.98. The summed E-state index contributed by atoms with van der Waals surface area (Å²) in [6.07, 6.45) is 1.51. The van der Waals surface area contributed by atoms with Crippen LogP contribution in [0.25, 0.3) is 0 Å². The number of hydrogen-bond acceptors (Lipinski definition) is 2. The van der Waals surface area contributed by atoms with E-state index in [1.165, 1.54) is 0 Å². The molecule has 0 aliphatic rings. The maximum absolute atomic E-state index is 12.0. The highest BCUT2D eigenvalue weighted by Gasteiger charge is 2.30. The van der Waals surface area contributed by atoms with Crippen molar-refractivity contribution >= 4 is 12.0 Å². The number of rotatable bonds is 6. The lowest BCUT2D eigenvalue weighted by Gasteiger charge is -2.36. The quantitative estimate of drug-likeness (QED) is 0.768. The Morgan fingerprint density at radius 2 is 1.83 bits per heavy atom. The molecule has 0 bridgehead atoms. The van der Waals surface area contributed by atoms with Gasteiger partial charge in [0.15, 0.2) is 0 Å². The molecule has 0 aromatic carbocycles. The van der Waals surface area contributed by atoms with Gasteiger partial charge in [-0.2, -0.15) is 0 Å². The summed E-state index contributed by atoms with van der Waals surface area (Å²) in [6, 6.07) is -1.17. The highest BCUT2D eigenvalue weighted by molar-refractivity contribution is 5.83. The predicted molar refractivity (Wildman–Crippen MR) is 71.5 cm³/mol. The number of nitrogens with one attached hydrogen (secondary N) is 1. The van der Waals surface area contributed by atoms with Crippen LogP contribution >= 0.6 is 0 Å². The molecule has 5 nitrogen and oxygen atoms in total. The molecule has 0 saturated carbocycles. The van der Waals surface area contributed by atoms with Gasteiger partial charge in [-0.05, 0) is 26.2 Å². The summed E-state index contributed by atoms with van der Waals surface area (Å²) in [6.45, 7) is 9.63. The second-order valence-corrected chi connectivity index (χ2v) is 5.38. The van der Waals surface area contributed by atoms with E-state index in [2.05, 4.69) is 5.32 Å². The van der Waals surface area contributed by atoms with Gasteiger partial charge in [0.05, 0.1) is 0 Å². The summed E-state index contributed by atoms with van der Waals surface area (Å²) in [4.78, 5) is 24.7. The van der Waals surface area contributed by atoms with Gasteiger partial charge in [0, 0.05) is 12.6 Å². The van der Waals surface area contributed by atoms with E-state index in [0.29, 0.717) is 6.42 Å². The minimum Gasteiger partial charge on any atom is -0.480 e. The van der Waals surface area contributed by atoms with Crippen molar-refractivity contribution < 1.29 is 14.7 Å². The number of carbonyl (C=O) groups excluding carboxylic acids is 1. The summed E-state index contributed by atoms with van der Waals surface area (Å²) in [5, 5.41) is 11.7. The average molecular weight is 258 g/mol. The van der Waals surface area contributed by atoms with Gasteiger partial charge in [0.1, 0.15) is 6.04 Å². The first-order valence-corrected chi connectivity index (χ1v) is 6.44. The third-order valence-corrected chi connectivity index (χ3v) is 3.84. The maximum Gasteiger partial charge on any atom is 0.326 e. The molecule has 0 heterocycles. The van der Waals surface area contributed by atoms with Crippen LogP contribution in [0.5, 0.6) is 0 Å². The number of aliphatic carboxylic acids is 1. The minimum atomic E-state index is -0.986. The van der Waals surface area contributed by atoms with Crippen LogP contribution in [0.3, 0.4) is 0 Å². The monoisotopic (exact) mass is 258 g/mol. The van der Waals surface area contributed by atoms with Gasteiger partial charge in [0.2, 0.25) is 0 Å². The molecule has 0 aromatic heterocycles. The molecule has 0 rings (SSSR count). The van der Waals surface area contributed by atoms with Crippen LogP contribution in [0, 0.1) is 5.92 Å². The van der Waals surface area contributed by atoms with Gasteiger partial charge in [0.25, 0.3) is 0 Å². The molecule has 0 spiro atoms. The number of urea groups is 1. The molecule has 0 saturated heterocycles. The van der Waals surface area contributed by atoms with Crippen molar-refractivity contribution in [2.75, 3.05) is 7.05 Å². The fourth-order valence-electron chi connectivity index (χ4n) is 1.43. The average Bonchev–Trinajstić information content (AvgIpc) is 2.33. The fraction of sp³-hybridized carbons (Fsp3) is 0.846. The molecule has 18 heavy (non-hydrogen) atoms. The maximum atomic E-state index is 12.0. The highest BCUT2D eigenvalue weighted by atomic mass is 16.4. The van der Waals surface area contributed by atoms with Crippen molar-refractivity contribution in [1.82, 2.24) is 10.2 Å². The second-order valence-electron chi connectivity index (χ2n) is 5.38. The van der Waals surface area contributed by atoms with E-state index in [1.807, 2.05) is 34.6 Å². The zero-order valence-electron chi connectivity index (χ0n) is 12.3. The fourth-order valence-corrected chi connectivity index (χ4v) is 1.43. The van der Waals surface area contributed by atoms with E-state index in [0.717, 1.165) is 6.42 Å². The van der Waals surface area contributed by atoms with Crippen LogP contribution in [0.15, 0.2) is 0 Å². The summed E-state index contributed by atoms with van der Waals surface area (Å²) < 4.78 is 0. The molecular formula is C13H26N2O3. The summed E-state index contributed by atoms with van der Waals surface area (Å²) in [5.74, 6) is -1.08. The molecule has 0 aliphatic heterocycles. The Bertz CT molecular complexity index is 303. The summed E-state index contributed by atoms with van der Waals surface area (Å²) in [5.41, 5.74) is -0.289. The summed E-state index contributed by atoms with van der Waals surface area (Å²) >= 11 is 0. The Hall–Kier alpha value is -1.26. The van der Waals surface area contributed by atoms with Gasteiger partial charge < -0.3 is 15.3 Å². The Morgan fingerprint density at radius 3 is 2.17 bits per heavy atom. The molecule has 106 valence electrons. The molecule has 5 heteroatoms. The first-order chi connectivity index (χ1) is 8.17. The van der Waals surface area contributed by atoms with Crippen LogP contribution in [-0.2, 0) is 4.79 Å². The third kappa shape index (κ3) is 4.20. The highest BCUT2D eigenvalue weighted by Crippen LogP contribution is 2.17. The van der Waals surface area contributed by atoms with E-state index >= 15 is 0 Å². The van der Waals surface area contributed by atoms with Gasteiger partial charge in [-0.3, -0.25) is 0 Å². The smallest absolute Gasteiger partial charge is 0.326 e. The van der Waals surface area contributed by atoms with Gasteiger partial charge in [-0.15, -0.1) is 0 Å². The molecule has 2 unspecified atom stereocenters. The van der Waals surface area contributed by atoms with Crippen molar-refractivity contribution in [3.63, 3.8) is 0 Å². The molecular weight excluding hydrogens is 232 g/mol. The minimum absolute atomic E-state index is 0.0930. The molecule has 2 atom stereocenters. The molecule has 2 amide bonds. The number of hydrogen-bond donors (Lipinski definition) is 2. The van der Waals surface area contributed by atoms with Crippen molar-refractivity contribution in [2.45, 2.75) is 59.0 Å². The number of carboxylic acid groups (broad SMARTS) is 1. The van der Waals surface area contributed by atoms with Crippen LogP contribution in [0.2, 0.25) is 0 Å². The van der Waals surface area contributed by atoms with E-state index in [9.17, 15) is 9.59 Å². The Balaban J connectivity index is 4.76. The van der Waals surface area contributed by atoms with E-state index in [1.54, 1.807) is 11.9 Å². The van der Waals surface area contributed by atoms with Gasteiger partial charge >= 0.3 is 12.0 Å². The van der Waals surface area contributed by atoms with E-state index < -0.39 is 12.0 Å². The zero-order valence-corrected chi connectivity index (χ0v) is 12.3. The molecule has 0 radical (unpaired) electrons. The first kappa shape index (κ1) is 16.7. The number of amides is 2.